The normalized spacial score (nSPS) is 12.4. The number of benzene rings is 1. The number of unbranched alkanes of at least 4 members (excludes halogenated alkanes) is 1. The van der Waals surface area contributed by atoms with Gasteiger partial charge in [0.15, 0.2) is 0 Å². The number of aryl methyl sites for hydroxylation is 1. The van der Waals surface area contributed by atoms with Crippen LogP contribution in [0.3, 0.4) is 0 Å². The Bertz CT molecular complexity index is 279. The van der Waals surface area contributed by atoms with E-state index < -0.39 is 0 Å². The first-order valence-electron chi connectivity index (χ1n) is 6.34. The molecule has 1 rings (SSSR count). The second-order valence-corrected chi connectivity index (χ2v) is 4.33. The van der Waals surface area contributed by atoms with Gasteiger partial charge in [-0.1, -0.05) is 38.8 Å². The first kappa shape index (κ1) is 13.0. The van der Waals surface area contributed by atoms with Crippen LogP contribution in [0.1, 0.15) is 38.7 Å². The fraction of sp³-hybridized carbons (Fsp3) is 0.571. The van der Waals surface area contributed by atoms with E-state index in [-0.39, 0.29) is 6.04 Å². The molecule has 0 aliphatic rings. The average molecular weight is 220 g/mol. The Morgan fingerprint density at radius 1 is 1.19 bits per heavy atom. The van der Waals surface area contributed by atoms with Crippen molar-refractivity contribution in [3.8, 4) is 0 Å². The maximum Gasteiger partial charge on any atom is 0.0340 e. The molecule has 0 fully saturated rings. The lowest BCUT2D eigenvalue weighted by molar-refractivity contribution is 0.596. The highest BCUT2D eigenvalue weighted by molar-refractivity contribution is 5.44. The summed E-state index contributed by atoms with van der Waals surface area (Å²) in [6.07, 6.45) is 4.64. The molecule has 1 unspecified atom stereocenters. The standard InChI is InChI=1S/C14H24N2/c1-3-5-6-13(15)11-16-14-9-7-12(4-2)8-10-14/h7-10,13,16H,3-6,11,15H2,1-2H3. The molecule has 0 amide bonds. The van der Waals surface area contributed by atoms with Crippen molar-refractivity contribution in [2.24, 2.45) is 5.73 Å². The first-order chi connectivity index (χ1) is 7.76. The topological polar surface area (TPSA) is 38.0 Å². The molecule has 0 aliphatic carbocycles. The Labute approximate surface area is 99.2 Å². The maximum atomic E-state index is 6.00. The summed E-state index contributed by atoms with van der Waals surface area (Å²) in [5.74, 6) is 0. The summed E-state index contributed by atoms with van der Waals surface area (Å²) < 4.78 is 0. The highest BCUT2D eigenvalue weighted by atomic mass is 14.9. The third-order valence-electron chi connectivity index (χ3n) is 2.86. The van der Waals surface area contributed by atoms with Crippen molar-refractivity contribution >= 4 is 5.69 Å². The van der Waals surface area contributed by atoms with E-state index in [1.54, 1.807) is 0 Å². The summed E-state index contributed by atoms with van der Waals surface area (Å²) in [5, 5.41) is 3.38. The number of hydrogen-bond donors (Lipinski definition) is 2. The lowest BCUT2D eigenvalue weighted by Crippen LogP contribution is -2.28. The lowest BCUT2D eigenvalue weighted by atomic mass is 10.1. The highest BCUT2D eigenvalue weighted by Gasteiger charge is 2.01. The number of nitrogens with one attached hydrogen (secondary N) is 1. The largest absolute Gasteiger partial charge is 0.383 e. The van der Waals surface area contributed by atoms with Gasteiger partial charge in [0, 0.05) is 18.3 Å². The van der Waals surface area contributed by atoms with Crippen LogP contribution in [0.25, 0.3) is 0 Å². The SMILES string of the molecule is CCCCC(N)CNc1ccc(CC)cc1. The van der Waals surface area contributed by atoms with E-state index in [9.17, 15) is 0 Å². The molecule has 2 nitrogen and oxygen atoms in total. The molecule has 0 bridgehead atoms. The van der Waals surface area contributed by atoms with Gasteiger partial charge >= 0.3 is 0 Å². The minimum Gasteiger partial charge on any atom is -0.383 e. The van der Waals surface area contributed by atoms with Gasteiger partial charge in [-0.25, -0.2) is 0 Å². The maximum absolute atomic E-state index is 6.00. The van der Waals surface area contributed by atoms with Crippen LogP contribution in [0.5, 0.6) is 0 Å². The fourth-order valence-corrected chi connectivity index (χ4v) is 1.68. The van der Waals surface area contributed by atoms with Crippen LogP contribution in [-0.2, 0) is 6.42 Å². The molecule has 16 heavy (non-hydrogen) atoms. The van der Waals surface area contributed by atoms with Gasteiger partial charge in [-0.05, 0) is 30.5 Å². The molecule has 1 aromatic rings. The van der Waals surface area contributed by atoms with Crippen molar-refractivity contribution < 1.29 is 0 Å². The highest BCUT2D eigenvalue weighted by Crippen LogP contribution is 2.10. The molecule has 90 valence electrons. The van der Waals surface area contributed by atoms with Crippen LogP contribution in [0.2, 0.25) is 0 Å². The van der Waals surface area contributed by atoms with Crippen molar-refractivity contribution in [3.63, 3.8) is 0 Å². The molecule has 3 N–H and O–H groups in total. The molecule has 2 heteroatoms. The van der Waals surface area contributed by atoms with Crippen molar-refractivity contribution in [1.29, 1.82) is 0 Å². The monoisotopic (exact) mass is 220 g/mol. The zero-order valence-electron chi connectivity index (χ0n) is 10.5. The van der Waals surface area contributed by atoms with Gasteiger partial charge in [-0.2, -0.15) is 0 Å². The van der Waals surface area contributed by atoms with E-state index in [2.05, 4.69) is 43.4 Å². The van der Waals surface area contributed by atoms with E-state index >= 15 is 0 Å². The van der Waals surface area contributed by atoms with Crippen LogP contribution >= 0.6 is 0 Å². The summed E-state index contributed by atoms with van der Waals surface area (Å²) in [5.41, 5.74) is 8.55. The van der Waals surface area contributed by atoms with Gasteiger partial charge < -0.3 is 11.1 Å². The summed E-state index contributed by atoms with van der Waals surface area (Å²) in [6.45, 7) is 5.23. The van der Waals surface area contributed by atoms with E-state index in [1.165, 1.54) is 24.1 Å². The van der Waals surface area contributed by atoms with Crippen molar-refractivity contribution in [2.75, 3.05) is 11.9 Å². The molecule has 0 heterocycles. The fourth-order valence-electron chi connectivity index (χ4n) is 1.68. The molecule has 0 spiro atoms. The van der Waals surface area contributed by atoms with Gasteiger partial charge in [-0.15, -0.1) is 0 Å². The Morgan fingerprint density at radius 2 is 1.88 bits per heavy atom. The van der Waals surface area contributed by atoms with Crippen LogP contribution < -0.4 is 11.1 Å². The minimum absolute atomic E-state index is 0.269. The summed E-state index contributed by atoms with van der Waals surface area (Å²) in [4.78, 5) is 0. The van der Waals surface area contributed by atoms with Gasteiger partial charge in [0.25, 0.3) is 0 Å². The Hall–Kier alpha value is -1.02. The molecule has 1 atom stereocenters. The van der Waals surface area contributed by atoms with E-state index in [4.69, 9.17) is 5.73 Å². The Kier molecular flexibility index (Phi) is 5.94. The molecule has 0 aromatic heterocycles. The van der Waals surface area contributed by atoms with E-state index in [0.717, 1.165) is 19.4 Å². The van der Waals surface area contributed by atoms with E-state index in [1.807, 2.05) is 0 Å². The molecular formula is C14H24N2. The molecular weight excluding hydrogens is 196 g/mol. The van der Waals surface area contributed by atoms with Crippen molar-refractivity contribution in [1.82, 2.24) is 0 Å². The van der Waals surface area contributed by atoms with Gasteiger partial charge in [0.2, 0.25) is 0 Å². The predicted octanol–water partition coefficient (Wildman–Crippen LogP) is 3.18. The summed E-state index contributed by atoms with van der Waals surface area (Å²) >= 11 is 0. The van der Waals surface area contributed by atoms with Crippen LogP contribution in [0, 0.1) is 0 Å². The smallest absolute Gasteiger partial charge is 0.0340 e. The number of anilines is 1. The first-order valence-corrected chi connectivity index (χ1v) is 6.34. The zero-order chi connectivity index (χ0) is 11.8. The summed E-state index contributed by atoms with van der Waals surface area (Å²) in [7, 11) is 0. The number of hydrogen-bond acceptors (Lipinski definition) is 2. The Morgan fingerprint density at radius 3 is 2.44 bits per heavy atom. The van der Waals surface area contributed by atoms with Crippen molar-refractivity contribution in [3.05, 3.63) is 29.8 Å². The average Bonchev–Trinajstić information content (AvgIpc) is 2.34. The second-order valence-electron chi connectivity index (χ2n) is 4.33. The molecule has 0 saturated carbocycles. The number of rotatable bonds is 7. The molecule has 0 aliphatic heterocycles. The summed E-state index contributed by atoms with van der Waals surface area (Å²) in [6, 6.07) is 8.86. The second kappa shape index (κ2) is 7.29. The van der Waals surface area contributed by atoms with Gasteiger partial charge in [0.05, 0.1) is 0 Å². The third-order valence-corrected chi connectivity index (χ3v) is 2.86. The van der Waals surface area contributed by atoms with Crippen LogP contribution in [0.15, 0.2) is 24.3 Å². The Balaban J connectivity index is 2.30. The zero-order valence-corrected chi connectivity index (χ0v) is 10.5. The molecule has 0 saturated heterocycles. The quantitative estimate of drug-likeness (QED) is 0.740. The number of nitrogens with two attached hydrogens (primary N) is 1. The van der Waals surface area contributed by atoms with Gasteiger partial charge in [-0.3, -0.25) is 0 Å². The minimum atomic E-state index is 0.269. The van der Waals surface area contributed by atoms with Crippen molar-refractivity contribution in [2.45, 2.75) is 45.6 Å². The van der Waals surface area contributed by atoms with Gasteiger partial charge in [0.1, 0.15) is 0 Å². The lowest BCUT2D eigenvalue weighted by Gasteiger charge is -2.13. The third kappa shape index (κ3) is 4.67. The van der Waals surface area contributed by atoms with Crippen LogP contribution in [-0.4, -0.2) is 12.6 Å². The molecule has 1 aromatic carbocycles. The van der Waals surface area contributed by atoms with E-state index in [0.29, 0.717) is 0 Å². The predicted molar refractivity (Wildman–Crippen MR) is 71.8 cm³/mol. The van der Waals surface area contributed by atoms with Crippen LogP contribution in [0.4, 0.5) is 5.69 Å². The molecule has 0 radical (unpaired) electrons.